The number of hydrogen-bond donors (Lipinski definition) is 2. The highest BCUT2D eigenvalue weighted by atomic mass is 32.1. The number of anilines is 1. The first-order valence-corrected chi connectivity index (χ1v) is 8.67. The van der Waals surface area contributed by atoms with Crippen molar-refractivity contribution in [3.63, 3.8) is 0 Å². The Bertz CT molecular complexity index is 949. The second-order valence-corrected chi connectivity index (χ2v) is 6.39. The first kappa shape index (κ1) is 20.8. The van der Waals surface area contributed by atoms with Crippen LogP contribution in [0.15, 0.2) is 6.20 Å². The standard InChI is InChI=1S/C15H17N5O7S/c1-4-27-15(23)10-7(2)11(12(16)22)28-14(10)17-9(21)6-19-5-8(20(24)25)13(18-19)26-3/h5H,4,6H2,1-3H3,(H2,16,22)(H,17,21). The Kier molecular flexibility index (Phi) is 6.30. The molecular formula is C15H17N5O7S. The van der Waals surface area contributed by atoms with Crippen molar-refractivity contribution >= 4 is 39.8 Å². The minimum Gasteiger partial charge on any atom is -0.475 e. The van der Waals surface area contributed by atoms with Crippen molar-refractivity contribution in [2.24, 2.45) is 5.73 Å². The molecule has 0 spiro atoms. The normalized spacial score (nSPS) is 10.4. The molecule has 12 nitrogen and oxygen atoms in total. The van der Waals surface area contributed by atoms with Crippen LogP contribution in [0, 0.1) is 17.0 Å². The largest absolute Gasteiger partial charge is 0.475 e. The van der Waals surface area contributed by atoms with Gasteiger partial charge in [0.05, 0.1) is 29.1 Å². The third-order valence-corrected chi connectivity index (χ3v) is 4.73. The first-order chi connectivity index (χ1) is 13.2. The summed E-state index contributed by atoms with van der Waals surface area (Å²) >= 11 is 0.835. The van der Waals surface area contributed by atoms with E-state index in [1.54, 1.807) is 6.92 Å². The summed E-state index contributed by atoms with van der Waals surface area (Å²) < 4.78 is 10.8. The molecule has 2 rings (SSSR count). The van der Waals surface area contributed by atoms with E-state index >= 15 is 0 Å². The first-order valence-electron chi connectivity index (χ1n) is 7.85. The number of aromatic nitrogens is 2. The summed E-state index contributed by atoms with van der Waals surface area (Å²) in [6, 6.07) is 0. The smallest absolute Gasteiger partial charge is 0.350 e. The number of nitrogens with two attached hydrogens (primary N) is 1. The summed E-state index contributed by atoms with van der Waals surface area (Å²) in [5.74, 6) is -2.34. The highest BCUT2D eigenvalue weighted by Gasteiger charge is 2.26. The topological polar surface area (TPSA) is 169 Å². The fourth-order valence-electron chi connectivity index (χ4n) is 2.34. The predicted octanol–water partition coefficient (Wildman–Crippen LogP) is 1.08. The number of carbonyl (C=O) groups excluding carboxylic acids is 3. The van der Waals surface area contributed by atoms with Gasteiger partial charge in [0.2, 0.25) is 5.91 Å². The molecule has 13 heteroatoms. The van der Waals surface area contributed by atoms with Crippen LogP contribution in [-0.4, -0.2) is 46.2 Å². The van der Waals surface area contributed by atoms with E-state index in [1.165, 1.54) is 14.0 Å². The van der Waals surface area contributed by atoms with Crippen LogP contribution in [-0.2, 0) is 16.1 Å². The van der Waals surface area contributed by atoms with E-state index in [4.69, 9.17) is 15.2 Å². The minimum atomic E-state index is -0.749. The lowest BCUT2D eigenvalue weighted by Gasteiger charge is -2.07. The number of thiophene rings is 1. The Morgan fingerprint density at radius 1 is 1.43 bits per heavy atom. The number of amides is 2. The van der Waals surface area contributed by atoms with Crippen molar-refractivity contribution in [3.05, 3.63) is 32.3 Å². The van der Waals surface area contributed by atoms with Gasteiger partial charge in [-0.05, 0) is 19.4 Å². The molecule has 3 N–H and O–H groups in total. The molecule has 2 aromatic heterocycles. The third kappa shape index (κ3) is 4.25. The molecule has 0 bridgehead atoms. The van der Waals surface area contributed by atoms with Gasteiger partial charge >= 0.3 is 17.5 Å². The predicted molar refractivity (Wildman–Crippen MR) is 97.6 cm³/mol. The van der Waals surface area contributed by atoms with Crippen molar-refractivity contribution < 1.29 is 28.8 Å². The van der Waals surface area contributed by atoms with Crippen LogP contribution in [0.1, 0.15) is 32.5 Å². The van der Waals surface area contributed by atoms with E-state index in [0.717, 1.165) is 22.2 Å². The Morgan fingerprint density at radius 2 is 2.11 bits per heavy atom. The van der Waals surface area contributed by atoms with Crippen LogP contribution in [0.5, 0.6) is 5.88 Å². The molecule has 0 saturated heterocycles. The molecule has 0 aliphatic heterocycles. The van der Waals surface area contributed by atoms with Gasteiger partial charge < -0.3 is 20.5 Å². The molecule has 0 saturated carbocycles. The van der Waals surface area contributed by atoms with Crippen molar-refractivity contribution in [2.45, 2.75) is 20.4 Å². The molecule has 0 unspecified atom stereocenters. The molecule has 0 aliphatic rings. The van der Waals surface area contributed by atoms with E-state index in [1.807, 2.05) is 0 Å². The summed E-state index contributed by atoms with van der Waals surface area (Å²) in [6.07, 6.45) is 1.04. The van der Waals surface area contributed by atoms with E-state index < -0.39 is 34.9 Å². The highest BCUT2D eigenvalue weighted by molar-refractivity contribution is 7.18. The summed E-state index contributed by atoms with van der Waals surface area (Å²) in [5, 5.41) is 17.3. The maximum absolute atomic E-state index is 12.3. The quantitative estimate of drug-likeness (QED) is 0.369. The van der Waals surface area contributed by atoms with Crippen LogP contribution in [0.2, 0.25) is 0 Å². The van der Waals surface area contributed by atoms with Gasteiger partial charge in [0.25, 0.3) is 5.91 Å². The average molecular weight is 411 g/mol. The zero-order valence-corrected chi connectivity index (χ0v) is 16.0. The molecule has 2 amide bonds. The van der Waals surface area contributed by atoms with E-state index in [2.05, 4.69) is 10.4 Å². The van der Waals surface area contributed by atoms with Crippen LogP contribution >= 0.6 is 11.3 Å². The van der Waals surface area contributed by atoms with E-state index in [9.17, 15) is 24.5 Å². The van der Waals surface area contributed by atoms with Gasteiger partial charge in [0.1, 0.15) is 17.7 Å². The van der Waals surface area contributed by atoms with Crippen molar-refractivity contribution in [1.82, 2.24) is 9.78 Å². The van der Waals surface area contributed by atoms with Gasteiger partial charge in [-0.3, -0.25) is 24.4 Å². The average Bonchev–Trinajstić information content (AvgIpc) is 3.16. The van der Waals surface area contributed by atoms with Crippen molar-refractivity contribution in [3.8, 4) is 5.88 Å². The molecule has 0 fully saturated rings. The highest BCUT2D eigenvalue weighted by Crippen LogP contribution is 2.33. The molecule has 28 heavy (non-hydrogen) atoms. The molecule has 2 aromatic rings. The second kappa shape index (κ2) is 8.47. The van der Waals surface area contributed by atoms with Gasteiger partial charge in [-0.25, -0.2) is 4.79 Å². The zero-order chi connectivity index (χ0) is 21.0. The molecule has 0 radical (unpaired) electrons. The molecule has 0 aliphatic carbocycles. The number of nitrogens with zero attached hydrogens (tertiary/aromatic N) is 3. The van der Waals surface area contributed by atoms with Gasteiger partial charge in [-0.2, -0.15) is 0 Å². The monoisotopic (exact) mass is 411 g/mol. The van der Waals surface area contributed by atoms with Gasteiger partial charge in [0.15, 0.2) is 0 Å². The lowest BCUT2D eigenvalue weighted by molar-refractivity contribution is -0.385. The van der Waals surface area contributed by atoms with Crippen molar-refractivity contribution in [2.75, 3.05) is 19.0 Å². The van der Waals surface area contributed by atoms with E-state index in [-0.39, 0.29) is 27.9 Å². The Labute approximate surface area is 162 Å². The maximum Gasteiger partial charge on any atom is 0.350 e. The maximum atomic E-state index is 12.3. The lowest BCUT2D eigenvalue weighted by atomic mass is 10.1. The number of methoxy groups -OCH3 is 1. The molecular weight excluding hydrogens is 394 g/mol. The SMILES string of the molecule is CCOC(=O)c1c(NC(=O)Cn2cc([N+](=O)[O-])c(OC)n2)sc(C(N)=O)c1C. The lowest BCUT2D eigenvalue weighted by Crippen LogP contribution is -2.20. The van der Waals surface area contributed by atoms with Crippen LogP contribution in [0.3, 0.4) is 0 Å². The van der Waals surface area contributed by atoms with Crippen molar-refractivity contribution in [1.29, 1.82) is 0 Å². The van der Waals surface area contributed by atoms with Crippen LogP contribution in [0.25, 0.3) is 0 Å². The number of esters is 1. The second-order valence-electron chi connectivity index (χ2n) is 5.37. The number of hydrogen-bond acceptors (Lipinski definition) is 9. The summed E-state index contributed by atoms with van der Waals surface area (Å²) in [5.41, 5.74) is 5.23. The summed E-state index contributed by atoms with van der Waals surface area (Å²) in [6.45, 7) is 2.84. The van der Waals surface area contributed by atoms with E-state index in [0.29, 0.717) is 5.56 Å². The number of nitrogens with one attached hydrogen (secondary N) is 1. The van der Waals surface area contributed by atoms with Crippen LogP contribution in [0.4, 0.5) is 10.7 Å². The fourth-order valence-corrected chi connectivity index (χ4v) is 3.41. The number of nitro groups is 1. The number of carbonyl (C=O) groups is 3. The number of ether oxygens (including phenoxy) is 2. The number of rotatable bonds is 8. The zero-order valence-electron chi connectivity index (χ0n) is 15.2. The van der Waals surface area contributed by atoms with Gasteiger partial charge in [0, 0.05) is 0 Å². The summed E-state index contributed by atoms with van der Waals surface area (Å²) in [7, 11) is 1.21. The van der Waals surface area contributed by atoms with Gasteiger partial charge in [-0.15, -0.1) is 16.4 Å². The molecule has 0 atom stereocenters. The van der Waals surface area contributed by atoms with Gasteiger partial charge in [-0.1, -0.05) is 0 Å². The van der Waals surface area contributed by atoms with Crippen LogP contribution < -0.4 is 15.8 Å². The fraction of sp³-hybridized carbons (Fsp3) is 0.333. The Hall–Kier alpha value is -3.48. The third-order valence-electron chi connectivity index (χ3n) is 3.51. The Balaban J connectivity index is 2.28. The molecule has 2 heterocycles. The minimum absolute atomic E-state index is 0.0260. The summed E-state index contributed by atoms with van der Waals surface area (Å²) in [4.78, 5) is 46.4. The molecule has 150 valence electrons. The number of primary amides is 1. The Morgan fingerprint density at radius 3 is 2.61 bits per heavy atom. The molecule has 0 aromatic carbocycles.